The van der Waals surface area contributed by atoms with E-state index < -0.39 is 0 Å². The van der Waals surface area contributed by atoms with Crippen LogP contribution in [0, 0.1) is 13.8 Å². The number of rotatable bonds is 2. The Morgan fingerprint density at radius 2 is 1.79 bits per heavy atom. The molecule has 1 aliphatic heterocycles. The van der Waals surface area contributed by atoms with Gasteiger partial charge in [-0.1, -0.05) is 36.4 Å². The second kappa shape index (κ2) is 7.32. The van der Waals surface area contributed by atoms with Gasteiger partial charge in [0.1, 0.15) is 0 Å². The first kappa shape index (κ1) is 16.9. The molecule has 2 aromatic rings. The summed E-state index contributed by atoms with van der Waals surface area (Å²) in [5, 5.41) is 4.24. The summed E-state index contributed by atoms with van der Waals surface area (Å²) in [6.45, 7) is 7.21. The first-order valence-electron chi connectivity index (χ1n) is 8.43. The zero-order valence-corrected chi connectivity index (χ0v) is 15.4. The molecule has 0 spiro atoms. The number of anilines is 1. The van der Waals surface area contributed by atoms with Crippen molar-refractivity contribution in [1.82, 2.24) is 9.80 Å². The molecule has 1 heterocycles. The van der Waals surface area contributed by atoms with Gasteiger partial charge in [-0.25, -0.2) is 0 Å². The molecule has 1 fully saturated rings. The van der Waals surface area contributed by atoms with E-state index in [9.17, 15) is 0 Å². The van der Waals surface area contributed by atoms with Gasteiger partial charge in [-0.05, 0) is 61.9 Å². The van der Waals surface area contributed by atoms with Crippen molar-refractivity contribution in [2.45, 2.75) is 19.9 Å². The molecule has 1 atom stereocenters. The lowest BCUT2D eigenvalue weighted by Gasteiger charge is -2.41. The summed E-state index contributed by atoms with van der Waals surface area (Å²) >= 11 is 5.74. The zero-order chi connectivity index (χ0) is 17.1. The van der Waals surface area contributed by atoms with Crippen molar-refractivity contribution in [3.8, 4) is 0 Å². The van der Waals surface area contributed by atoms with E-state index >= 15 is 0 Å². The average Bonchev–Trinajstić information content (AvgIpc) is 2.59. The first-order valence-corrected chi connectivity index (χ1v) is 8.84. The van der Waals surface area contributed by atoms with Crippen LogP contribution in [0.2, 0.25) is 0 Å². The summed E-state index contributed by atoms with van der Waals surface area (Å²) in [5.41, 5.74) is 4.95. The Kier molecular flexibility index (Phi) is 5.17. The van der Waals surface area contributed by atoms with Gasteiger partial charge in [0.05, 0.1) is 6.04 Å². The Morgan fingerprint density at radius 1 is 1.04 bits per heavy atom. The fourth-order valence-corrected chi connectivity index (χ4v) is 3.47. The van der Waals surface area contributed by atoms with E-state index in [1.165, 1.54) is 16.7 Å². The van der Waals surface area contributed by atoms with Gasteiger partial charge in [0.2, 0.25) is 0 Å². The Labute approximate surface area is 150 Å². The van der Waals surface area contributed by atoms with Crippen LogP contribution in [-0.2, 0) is 0 Å². The molecular formula is C20H25N3S. The molecule has 4 heteroatoms. The third-order valence-corrected chi connectivity index (χ3v) is 5.12. The summed E-state index contributed by atoms with van der Waals surface area (Å²) in [6, 6.07) is 17.3. The monoisotopic (exact) mass is 339 g/mol. The van der Waals surface area contributed by atoms with E-state index in [-0.39, 0.29) is 6.04 Å². The third kappa shape index (κ3) is 3.77. The maximum Gasteiger partial charge on any atom is 0.174 e. The second-order valence-electron chi connectivity index (χ2n) is 6.61. The molecule has 0 aromatic heterocycles. The van der Waals surface area contributed by atoms with E-state index in [4.69, 9.17) is 12.2 Å². The standard InChI is InChI=1S/C20H25N3S/c1-15-9-10-18(13-16(15)2)21-20(24)23-12-11-22(3)14-19(23)17-7-5-4-6-8-17/h4-10,13,19H,11-12,14H2,1-3H3,(H,21,24)/t19-/m1/s1. The summed E-state index contributed by atoms with van der Waals surface area (Å²) < 4.78 is 0. The Morgan fingerprint density at radius 3 is 2.50 bits per heavy atom. The van der Waals surface area contributed by atoms with Gasteiger partial charge in [0.25, 0.3) is 0 Å². The van der Waals surface area contributed by atoms with Crippen molar-refractivity contribution in [2.75, 3.05) is 32.0 Å². The van der Waals surface area contributed by atoms with E-state index in [2.05, 4.69) is 84.5 Å². The van der Waals surface area contributed by atoms with Gasteiger partial charge in [-0.15, -0.1) is 0 Å². The van der Waals surface area contributed by atoms with Gasteiger partial charge in [0, 0.05) is 25.3 Å². The van der Waals surface area contributed by atoms with Gasteiger partial charge < -0.3 is 15.1 Å². The number of likely N-dealkylation sites (N-methyl/N-ethyl adjacent to an activating group) is 1. The SMILES string of the molecule is Cc1ccc(NC(=S)N2CCN(C)C[C@@H]2c2ccccc2)cc1C. The van der Waals surface area contributed by atoms with Crippen LogP contribution in [-0.4, -0.2) is 41.6 Å². The van der Waals surface area contributed by atoms with E-state index in [1.807, 2.05) is 0 Å². The van der Waals surface area contributed by atoms with Crippen LogP contribution in [0.25, 0.3) is 0 Å². The number of thiocarbonyl (C=S) groups is 1. The molecule has 1 N–H and O–H groups in total. The highest BCUT2D eigenvalue weighted by Crippen LogP contribution is 2.26. The summed E-state index contributed by atoms with van der Waals surface area (Å²) in [6.07, 6.45) is 0. The van der Waals surface area contributed by atoms with Gasteiger partial charge in [-0.3, -0.25) is 0 Å². The number of aryl methyl sites for hydroxylation is 2. The molecule has 0 radical (unpaired) electrons. The Bertz CT molecular complexity index is 714. The maximum absolute atomic E-state index is 5.74. The molecule has 3 rings (SSSR count). The van der Waals surface area contributed by atoms with Crippen molar-refractivity contribution >= 4 is 23.0 Å². The van der Waals surface area contributed by atoms with E-state index in [1.54, 1.807) is 0 Å². The lowest BCUT2D eigenvalue weighted by molar-refractivity contribution is 0.153. The number of nitrogens with zero attached hydrogens (tertiary/aromatic N) is 2. The largest absolute Gasteiger partial charge is 0.339 e. The fraction of sp³-hybridized carbons (Fsp3) is 0.350. The minimum Gasteiger partial charge on any atom is -0.339 e. The summed E-state index contributed by atoms with van der Waals surface area (Å²) in [4.78, 5) is 4.69. The number of piperazine rings is 1. The predicted octanol–water partition coefficient (Wildman–Crippen LogP) is 3.99. The molecule has 0 saturated carbocycles. The second-order valence-corrected chi connectivity index (χ2v) is 7.00. The number of benzene rings is 2. The number of hydrogen-bond donors (Lipinski definition) is 1. The quantitative estimate of drug-likeness (QED) is 0.834. The van der Waals surface area contributed by atoms with Crippen LogP contribution in [0.3, 0.4) is 0 Å². The lowest BCUT2D eigenvalue weighted by Crippen LogP contribution is -2.50. The molecule has 24 heavy (non-hydrogen) atoms. The molecule has 0 unspecified atom stereocenters. The zero-order valence-electron chi connectivity index (χ0n) is 14.6. The first-order chi connectivity index (χ1) is 11.5. The van der Waals surface area contributed by atoms with Crippen molar-refractivity contribution in [3.63, 3.8) is 0 Å². The predicted molar refractivity (Wildman–Crippen MR) is 106 cm³/mol. The van der Waals surface area contributed by atoms with Crippen LogP contribution < -0.4 is 5.32 Å². The van der Waals surface area contributed by atoms with Crippen LogP contribution in [0.1, 0.15) is 22.7 Å². The summed E-state index contributed by atoms with van der Waals surface area (Å²) in [7, 11) is 2.17. The van der Waals surface area contributed by atoms with Crippen molar-refractivity contribution < 1.29 is 0 Å². The smallest absolute Gasteiger partial charge is 0.174 e. The van der Waals surface area contributed by atoms with E-state index in [0.29, 0.717) is 0 Å². The molecule has 3 nitrogen and oxygen atoms in total. The van der Waals surface area contributed by atoms with Crippen LogP contribution in [0.4, 0.5) is 5.69 Å². The van der Waals surface area contributed by atoms with Crippen LogP contribution in [0.5, 0.6) is 0 Å². The van der Waals surface area contributed by atoms with Gasteiger partial charge in [-0.2, -0.15) is 0 Å². The third-order valence-electron chi connectivity index (χ3n) is 4.79. The Balaban J connectivity index is 1.79. The van der Waals surface area contributed by atoms with Crippen LogP contribution in [0.15, 0.2) is 48.5 Å². The van der Waals surface area contributed by atoms with Crippen molar-refractivity contribution in [2.24, 2.45) is 0 Å². The van der Waals surface area contributed by atoms with Crippen molar-refractivity contribution in [3.05, 3.63) is 65.2 Å². The molecular weight excluding hydrogens is 314 g/mol. The number of hydrogen-bond acceptors (Lipinski definition) is 2. The van der Waals surface area contributed by atoms with Crippen molar-refractivity contribution in [1.29, 1.82) is 0 Å². The molecule has 1 aliphatic rings. The van der Waals surface area contributed by atoms with E-state index in [0.717, 1.165) is 30.4 Å². The maximum atomic E-state index is 5.74. The summed E-state index contributed by atoms with van der Waals surface area (Å²) in [5.74, 6) is 0. The minimum absolute atomic E-state index is 0.288. The molecule has 2 aromatic carbocycles. The average molecular weight is 340 g/mol. The molecule has 0 bridgehead atoms. The highest BCUT2D eigenvalue weighted by molar-refractivity contribution is 7.80. The fourth-order valence-electron chi connectivity index (χ4n) is 3.14. The molecule has 0 amide bonds. The highest BCUT2D eigenvalue weighted by atomic mass is 32.1. The molecule has 126 valence electrons. The minimum atomic E-state index is 0.288. The molecule has 0 aliphatic carbocycles. The number of nitrogens with one attached hydrogen (secondary N) is 1. The topological polar surface area (TPSA) is 18.5 Å². The Hall–Kier alpha value is -1.91. The normalized spacial score (nSPS) is 18.5. The molecule has 1 saturated heterocycles. The van der Waals surface area contributed by atoms with Gasteiger partial charge in [0.15, 0.2) is 5.11 Å². The lowest BCUT2D eigenvalue weighted by atomic mass is 10.0. The van der Waals surface area contributed by atoms with Crippen LogP contribution >= 0.6 is 12.2 Å². The highest BCUT2D eigenvalue weighted by Gasteiger charge is 2.28. The van der Waals surface area contributed by atoms with Gasteiger partial charge >= 0.3 is 0 Å².